The van der Waals surface area contributed by atoms with Gasteiger partial charge in [0.15, 0.2) is 0 Å². The molecule has 0 N–H and O–H groups in total. The Balaban J connectivity index is 1.48. The molecule has 1 unspecified atom stereocenters. The number of carbonyl (C=O) groups is 2. The van der Waals surface area contributed by atoms with Crippen molar-refractivity contribution >= 4 is 17.8 Å². The normalized spacial score (nSPS) is 20.4. The average molecular weight is 374 g/mol. The lowest BCUT2D eigenvalue weighted by molar-refractivity contribution is -0.138. The molecule has 27 heavy (non-hydrogen) atoms. The predicted octanol–water partition coefficient (Wildman–Crippen LogP) is 0.456. The molecule has 2 fully saturated rings. The van der Waals surface area contributed by atoms with Crippen molar-refractivity contribution in [3.8, 4) is 0 Å². The molecule has 0 saturated carbocycles. The molecule has 0 bridgehead atoms. The number of nitrogens with zero attached hydrogens (tertiary/aromatic N) is 6. The Morgan fingerprint density at radius 2 is 1.67 bits per heavy atom. The lowest BCUT2D eigenvalue weighted by Crippen LogP contribution is -2.56. The van der Waals surface area contributed by atoms with Gasteiger partial charge in [-0.15, -0.1) is 0 Å². The molecule has 2 aliphatic rings. The fourth-order valence-corrected chi connectivity index (χ4v) is 3.92. The Morgan fingerprint density at radius 3 is 2.22 bits per heavy atom. The largest absolute Gasteiger partial charge is 0.343 e. The van der Waals surface area contributed by atoms with Crippen LogP contribution in [0.4, 0.5) is 5.95 Å². The molecule has 2 aliphatic heterocycles. The summed E-state index contributed by atoms with van der Waals surface area (Å²) >= 11 is 0. The van der Waals surface area contributed by atoms with Gasteiger partial charge < -0.3 is 14.7 Å². The zero-order chi connectivity index (χ0) is 19.4. The fraction of sp³-hybridized carbons (Fsp3) is 0.684. The number of likely N-dealkylation sites (tertiary alicyclic amines) is 1. The lowest BCUT2D eigenvalue weighted by Gasteiger charge is -2.41. The Morgan fingerprint density at radius 1 is 1.07 bits per heavy atom. The highest BCUT2D eigenvalue weighted by molar-refractivity contribution is 5.81. The second kappa shape index (κ2) is 8.65. The smallest absolute Gasteiger partial charge is 0.239 e. The summed E-state index contributed by atoms with van der Waals surface area (Å²) in [6, 6.07) is 1.98. The number of carbonyl (C=O) groups excluding carboxylic acids is 2. The highest BCUT2D eigenvalue weighted by Gasteiger charge is 2.32. The molecule has 3 heterocycles. The Bertz CT molecular complexity index is 639. The quantitative estimate of drug-likeness (QED) is 0.762. The van der Waals surface area contributed by atoms with Crippen LogP contribution < -0.4 is 4.90 Å². The van der Waals surface area contributed by atoms with Crippen LogP contribution in [0.1, 0.15) is 26.7 Å². The highest BCUT2D eigenvalue weighted by atomic mass is 16.2. The van der Waals surface area contributed by atoms with Gasteiger partial charge in [0.1, 0.15) is 0 Å². The molecular formula is C19H30N6O2. The first kappa shape index (κ1) is 19.5. The van der Waals surface area contributed by atoms with Gasteiger partial charge in [-0.25, -0.2) is 9.97 Å². The van der Waals surface area contributed by atoms with E-state index in [0.717, 1.165) is 45.0 Å². The summed E-state index contributed by atoms with van der Waals surface area (Å²) in [5, 5.41) is 0. The van der Waals surface area contributed by atoms with Crippen molar-refractivity contribution in [2.45, 2.75) is 38.8 Å². The topological polar surface area (TPSA) is 72.9 Å². The molecule has 8 nitrogen and oxygen atoms in total. The first-order chi connectivity index (χ1) is 13.0. The fourth-order valence-electron chi connectivity index (χ4n) is 3.92. The maximum Gasteiger partial charge on any atom is 0.239 e. The summed E-state index contributed by atoms with van der Waals surface area (Å²) in [6.07, 6.45) is 5.34. The van der Waals surface area contributed by atoms with Crippen LogP contribution in [0.3, 0.4) is 0 Å². The molecule has 1 atom stereocenters. The molecule has 0 radical (unpaired) electrons. The van der Waals surface area contributed by atoms with E-state index in [1.807, 2.05) is 29.8 Å². The summed E-state index contributed by atoms with van der Waals surface area (Å²) in [5.41, 5.74) is 0. The third-order valence-electron chi connectivity index (χ3n) is 5.87. The highest BCUT2D eigenvalue weighted by Crippen LogP contribution is 2.19. The Labute approximate surface area is 161 Å². The van der Waals surface area contributed by atoms with Crippen LogP contribution in [-0.4, -0.2) is 94.9 Å². The minimum absolute atomic E-state index is 0.109. The third-order valence-corrected chi connectivity index (χ3v) is 5.87. The van der Waals surface area contributed by atoms with Crippen molar-refractivity contribution in [1.82, 2.24) is 24.7 Å². The number of piperidine rings is 1. The van der Waals surface area contributed by atoms with Crippen LogP contribution in [0, 0.1) is 0 Å². The maximum absolute atomic E-state index is 12.9. The van der Waals surface area contributed by atoms with E-state index in [4.69, 9.17) is 0 Å². The molecule has 8 heteroatoms. The van der Waals surface area contributed by atoms with Gasteiger partial charge in [-0.05, 0) is 25.8 Å². The van der Waals surface area contributed by atoms with Gasteiger partial charge in [0.05, 0.1) is 6.04 Å². The average Bonchev–Trinajstić information content (AvgIpc) is 2.73. The van der Waals surface area contributed by atoms with Crippen LogP contribution in [0.25, 0.3) is 0 Å². The predicted molar refractivity (Wildman–Crippen MR) is 103 cm³/mol. The monoisotopic (exact) mass is 374 g/mol. The van der Waals surface area contributed by atoms with E-state index in [-0.39, 0.29) is 23.9 Å². The molecule has 148 valence electrons. The van der Waals surface area contributed by atoms with Crippen molar-refractivity contribution in [2.24, 2.45) is 0 Å². The first-order valence-electron chi connectivity index (χ1n) is 9.75. The third kappa shape index (κ3) is 4.55. The van der Waals surface area contributed by atoms with E-state index in [2.05, 4.69) is 19.8 Å². The lowest BCUT2D eigenvalue weighted by atomic mass is 10.0. The molecule has 2 amide bonds. The zero-order valence-electron chi connectivity index (χ0n) is 16.5. The van der Waals surface area contributed by atoms with Crippen molar-refractivity contribution in [3.63, 3.8) is 0 Å². The van der Waals surface area contributed by atoms with E-state index in [1.165, 1.54) is 0 Å². The van der Waals surface area contributed by atoms with Crippen LogP contribution in [0.2, 0.25) is 0 Å². The molecule has 0 spiro atoms. The molecule has 1 aromatic rings. The minimum atomic E-state index is -0.117. The van der Waals surface area contributed by atoms with E-state index in [9.17, 15) is 9.59 Å². The Hall–Kier alpha value is -2.22. The second-order valence-corrected chi connectivity index (χ2v) is 7.43. The van der Waals surface area contributed by atoms with Crippen molar-refractivity contribution in [1.29, 1.82) is 0 Å². The van der Waals surface area contributed by atoms with Crippen LogP contribution in [-0.2, 0) is 9.59 Å². The van der Waals surface area contributed by atoms with Gasteiger partial charge in [0.2, 0.25) is 17.8 Å². The Kier molecular flexibility index (Phi) is 6.26. The van der Waals surface area contributed by atoms with Gasteiger partial charge in [-0.3, -0.25) is 14.5 Å². The van der Waals surface area contributed by atoms with Crippen LogP contribution >= 0.6 is 0 Å². The summed E-state index contributed by atoms with van der Waals surface area (Å²) < 4.78 is 0. The van der Waals surface area contributed by atoms with E-state index in [0.29, 0.717) is 13.1 Å². The molecule has 2 saturated heterocycles. The molecular weight excluding hydrogens is 344 g/mol. The van der Waals surface area contributed by atoms with Crippen molar-refractivity contribution in [3.05, 3.63) is 18.5 Å². The van der Waals surface area contributed by atoms with Crippen molar-refractivity contribution < 1.29 is 9.59 Å². The van der Waals surface area contributed by atoms with E-state index in [1.54, 1.807) is 19.3 Å². The number of hydrogen-bond acceptors (Lipinski definition) is 6. The van der Waals surface area contributed by atoms with Gasteiger partial charge in [-0.2, -0.15) is 0 Å². The van der Waals surface area contributed by atoms with Gasteiger partial charge in [0.25, 0.3) is 0 Å². The van der Waals surface area contributed by atoms with Gasteiger partial charge in [-0.1, -0.05) is 0 Å². The maximum atomic E-state index is 12.9. The second-order valence-electron chi connectivity index (χ2n) is 7.43. The number of aromatic nitrogens is 2. The van der Waals surface area contributed by atoms with Crippen LogP contribution in [0.15, 0.2) is 18.5 Å². The molecule has 3 rings (SSSR count). The number of piperazine rings is 1. The van der Waals surface area contributed by atoms with E-state index < -0.39 is 0 Å². The molecule has 1 aromatic heterocycles. The SMILES string of the molecule is CC(=O)N(C)C1CCN(C(C)C(=O)N2CCN(c3ncccn3)CC2)CC1. The van der Waals surface area contributed by atoms with E-state index >= 15 is 0 Å². The zero-order valence-corrected chi connectivity index (χ0v) is 16.5. The number of anilines is 1. The summed E-state index contributed by atoms with van der Waals surface area (Å²) in [4.78, 5) is 41.2. The standard InChI is InChI=1S/C19H30N6O2/c1-15(23-9-5-17(6-10-23)22(3)16(2)26)18(27)24-11-13-25(14-12-24)19-20-7-4-8-21-19/h4,7-8,15,17H,5-6,9-14H2,1-3H3. The number of hydrogen-bond donors (Lipinski definition) is 0. The summed E-state index contributed by atoms with van der Waals surface area (Å²) in [7, 11) is 1.87. The van der Waals surface area contributed by atoms with Gasteiger partial charge >= 0.3 is 0 Å². The minimum Gasteiger partial charge on any atom is -0.343 e. The molecule has 0 aliphatic carbocycles. The number of rotatable bonds is 4. The summed E-state index contributed by atoms with van der Waals surface area (Å²) in [6.45, 7) is 8.24. The van der Waals surface area contributed by atoms with Gasteiger partial charge in [0, 0.05) is 71.7 Å². The van der Waals surface area contributed by atoms with Crippen LogP contribution in [0.5, 0.6) is 0 Å². The number of amides is 2. The first-order valence-corrected chi connectivity index (χ1v) is 9.75. The molecule has 0 aromatic carbocycles. The summed E-state index contributed by atoms with van der Waals surface area (Å²) in [5.74, 6) is 1.04. The van der Waals surface area contributed by atoms with Crippen molar-refractivity contribution in [2.75, 3.05) is 51.2 Å².